The third-order valence-corrected chi connectivity index (χ3v) is 7.34. The van der Waals surface area contributed by atoms with E-state index in [4.69, 9.17) is 32.7 Å². The number of alkyl halides is 1. The lowest BCUT2D eigenvalue weighted by molar-refractivity contribution is 0.130. The molecule has 0 saturated carbocycles. The Morgan fingerprint density at radius 1 is 1.29 bits per heavy atom. The summed E-state index contributed by atoms with van der Waals surface area (Å²) < 4.78 is 10.7. The number of urea groups is 1. The van der Waals surface area contributed by atoms with E-state index >= 15 is 0 Å². The summed E-state index contributed by atoms with van der Waals surface area (Å²) in [6.07, 6.45) is 8.01. The van der Waals surface area contributed by atoms with Crippen LogP contribution in [0.25, 0.3) is 0 Å². The highest BCUT2D eigenvalue weighted by Crippen LogP contribution is 2.34. The van der Waals surface area contributed by atoms with Crippen LogP contribution in [0.2, 0.25) is 0 Å². The average Bonchev–Trinajstić information content (AvgIpc) is 2.87. The van der Waals surface area contributed by atoms with Crippen molar-refractivity contribution in [3.63, 3.8) is 0 Å². The van der Waals surface area contributed by atoms with Gasteiger partial charge in [-0.25, -0.2) is 14.8 Å². The summed E-state index contributed by atoms with van der Waals surface area (Å²) in [7, 11) is 4.62. The number of halogens is 2. The van der Waals surface area contributed by atoms with Crippen LogP contribution in [0.1, 0.15) is 27.2 Å². The van der Waals surface area contributed by atoms with Gasteiger partial charge in [-0.05, 0) is 32.5 Å². The number of nitrogens with zero attached hydrogens (tertiary/aromatic N) is 4. The van der Waals surface area contributed by atoms with Crippen molar-refractivity contribution in [2.75, 3.05) is 44.6 Å². The first-order valence-corrected chi connectivity index (χ1v) is 12.4. The van der Waals surface area contributed by atoms with Gasteiger partial charge in [0.05, 0.1) is 24.4 Å². The Labute approximate surface area is 217 Å². The Balaban J connectivity index is 1.73. The molecular formula is C24H34Cl2N6O3. The van der Waals surface area contributed by atoms with Crippen molar-refractivity contribution in [1.82, 2.24) is 20.2 Å². The van der Waals surface area contributed by atoms with Gasteiger partial charge in [0.1, 0.15) is 40.2 Å². The lowest BCUT2D eigenvalue weighted by Crippen LogP contribution is -2.60. The van der Waals surface area contributed by atoms with Crippen LogP contribution >= 0.6 is 23.2 Å². The summed E-state index contributed by atoms with van der Waals surface area (Å²) in [5, 5.41) is 5.77. The summed E-state index contributed by atoms with van der Waals surface area (Å²) in [5.74, 6) is 1.41. The van der Waals surface area contributed by atoms with Gasteiger partial charge in [-0.1, -0.05) is 37.6 Å². The van der Waals surface area contributed by atoms with Crippen molar-refractivity contribution in [2.45, 2.75) is 50.3 Å². The Morgan fingerprint density at radius 2 is 2.03 bits per heavy atom. The van der Waals surface area contributed by atoms with Gasteiger partial charge in [-0.15, -0.1) is 11.6 Å². The normalized spacial score (nSPS) is 25.7. The van der Waals surface area contributed by atoms with Crippen LogP contribution in [-0.4, -0.2) is 78.3 Å². The van der Waals surface area contributed by atoms with Crippen LogP contribution < -0.4 is 15.5 Å². The van der Waals surface area contributed by atoms with E-state index in [0.29, 0.717) is 23.1 Å². The second-order valence-corrected chi connectivity index (χ2v) is 9.45. The van der Waals surface area contributed by atoms with Crippen molar-refractivity contribution in [2.24, 2.45) is 0 Å². The summed E-state index contributed by atoms with van der Waals surface area (Å²) in [4.78, 5) is 25.5. The molecule has 4 atom stereocenters. The van der Waals surface area contributed by atoms with Crippen molar-refractivity contribution >= 4 is 40.9 Å². The zero-order chi connectivity index (χ0) is 25.8. The van der Waals surface area contributed by atoms with E-state index in [9.17, 15) is 4.79 Å². The number of allylic oxidation sites excluding steroid dienone is 1. The maximum Gasteiger partial charge on any atom is 0.327 e. The largest absolute Gasteiger partial charge is 0.495 e. The first kappa shape index (κ1) is 27.3. The molecule has 35 heavy (non-hydrogen) atoms. The lowest BCUT2D eigenvalue weighted by atomic mass is 9.80. The van der Waals surface area contributed by atoms with Gasteiger partial charge in [0, 0.05) is 20.2 Å². The number of aromatic nitrogens is 2. The number of ether oxygens (including phenoxy) is 2. The van der Waals surface area contributed by atoms with Gasteiger partial charge >= 0.3 is 6.03 Å². The number of likely N-dealkylation sites (N-methyl/N-ethyl adjacent to an activating group) is 1. The third-order valence-electron chi connectivity index (χ3n) is 6.48. The minimum atomic E-state index is -0.695. The summed E-state index contributed by atoms with van der Waals surface area (Å²) in [5.41, 5.74) is 0.193. The number of carbonyl (C=O) groups excluding carboxylic acids is 1. The van der Waals surface area contributed by atoms with Crippen LogP contribution in [0.4, 0.5) is 16.4 Å². The number of anilines is 2. The number of amides is 2. The predicted octanol–water partition coefficient (Wildman–Crippen LogP) is 4.08. The molecule has 192 valence electrons. The second kappa shape index (κ2) is 11.6. The Kier molecular flexibility index (Phi) is 9.04. The van der Waals surface area contributed by atoms with Crippen LogP contribution in [0.5, 0.6) is 0 Å². The van der Waals surface area contributed by atoms with E-state index in [-0.39, 0.29) is 16.6 Å². The molecule has 2 aliphatic rings. The first-order valence-electron chi connectivity index (χ1n) is 11.6. The third kappa shape index (κ3) is 5.58. The zero-order valence-corrected chi connectivity index (χ0v) is 22.5. The molecule has 0 saturated heterocycles. The molecule has 11 heteroatoms. The maximum absolute atomic E-state index is 13.1. The summed E-state index contributed by atoms with van der Waals surface area (Å²) >= 11 is 12.9. The van der Waals surface area contributed by atoms with Crippen molar-refractivity contribution < 1.29 is 14.3 Å². The van der Waals surface area contributed by atoms with E-state index in [1.165, 1.54) is 25.4 Å². The van der Waals surface area contributed by atoms with Crippen LogP contribution in [0.3, 0.4) is 0 Å². The molecule has 3 unspecified atom stereocenters. The Bertz CT molecular complexity index is 1020. The molecule has 1 heterocycles. The number of methoxy groups -OCH3 is 2. The standard InChI is InChI=1S/C24H34Cl2N6O3/c1-7-11-32(8-2)24(3)10-9-17(24)29-18-13-19(28-14-27-18)31(4)23(33)30-22-20(25)15(34-5)12-16(35-6)21(22)26/h9-10,12-15,17,20H,7-8,11H2,1-6H3,(H,30,33)(H,27,28,29)/t15?,17-,20?,24?/m1/s1. The highest BCUT2D eigenvalue weighted by molar-refractivity contribution is 6.34. The second-order valence-electron chi connectivity index (χ2n) is 8.60. The molecule has 0 fully saturated rings. The molecular weight excluding hydrogens is 491 g/mol. The van der Waals surface area contributed by atoms with Gasteiger partial charge in [-0.3, -0.25) is 9.80 Å². The fourth-order valence-corrected chi connectivity index (χ4v) is 4.94. The van der Waals surface area contributed by atoms with E-state index in [1.54, 1.807) is 19.2 Å². The molecule has 0 aliphatic heterocycles. The minimum Gasteiger partial charge on any atom is -0.495 e. The number of rotatable bonds is 10. The minimum absolute atomic E-state index is 0.0873. The molecule has 0 radical (unpaired) electrons. The van der Waals surface area contributed by atoms with Crippen LogP contribution in [-0.2, 0) is 9.47 Å². The molecule has 3 rings (SSSR count). The van der Waals surface area contributed by atoms with Crippen LogP contribution in [0, 0.1) is 0 Å². The quantitative estimate of drug-likeness (QED) is 0.351. The van der Waals surface area contributed by atoms with Gasteiger partial charge in [0.15, 0.2) is 0 Å². The van der Waals surface area contributed by atoms with E-state index in [2.05, 4.69) is 58.4 Å². The van der Waals surface area contributed by atoms with E-state index in [0.717, 1.165) is 19.5 Å². The molecule has 0 aromatic carbocycles. The van der Waals surface area contributed by atoms with Gasteiger partial charge in [0.25, 0.3) is 0 Å². The maximum atomic E-state index is 13.1. The van der Waals surface area contributed by atoms with Crippen LogP contribution in [0.15, 0.2) is 47.1 Å². The van der Waals surface area contributed by atoms with Crippen molar-refractivity contribution in [1.29, 1.82) is 0 Å². The molecule has 2 amide bonds. The van der Waals surface area contributed by atoms with Crippen molar-refractivity contribution in [3.8, 4) is 0 Å². The predicted molar refractivity (Wildman–Crippen MR) is 140 cm³/mol. The van der Waals surface area contributed by atoms with E-state index in [1.807, 2.05) is 0 Å². The summed E-state index contributed by atoms with van der Waals surface area (Å²) in [6.45, 7) is 8.52. The fourth-order valence-electron chi connectivity index (χ4n) is 4.24. The molecule has 2 aliphatic carbocycles. The number of hydrogen-bond donors (Lipinski definition) is 2. The SMILES string of the molecule is CCCN(CC)C1(C)C=C[C@H]1Nc1cc(N(C)C(=O)NC2=C(Cl)C(OC)=CC(OC)C2Cl)ncn1. The first-order chi connectivity index (χ1) is 16.7. The molecule has 2 N–H and O–H groups in total. The molecule has 1 aromatic rings. The topological polar surface area (TPSA) is 91.9 Å². The van der Waals surface area contributed by atoms with Crippen molar-refractivity contribution in [3.05, 3.63) is 47.1 Å². The molecule has 0 spiro atoms. The van der Waals surface area contributed by atoms with Gasteiger partial charge in [0.2, 0.25) is 0 Å². The number of hydrogen-bond acceptors (Lipinski definition) is 7. The Morgan fingerprint density at radius 3 is 2.60 bits per heavy atom. The zero-order valence-electron chi connectivity index (χ0n) is 21.0. The monoisotopic (exact) mass is 524 g/mol. The number of carbonyl (C=O) groups is 1. The molecule has 9 nitrogen and oxygen atoms in total. The smallest absolute Gasteiger partial charge is 0.327 e. The summed E-state index contributed by atoms with van der Waals surface area (Å²) in [6, 6.07) is 1.36. The average molecular weight is 525 g/mol. The van der Waals surface area contributed by atoms with E-state index < -0.39 is 17.5 Å². The Hall–Kier alpha value is -2.33. The van der Waals surface area contributed by atoms with Gasteiger partial charge < -0.3 is 20.1 Å². The molecule has 0 bridgehead atoms. The highest BCUT2D eigenvalue weighted by Gasteiger charge is 2.41. The number of nitrogens with one attached hydrogen (secondary N) is 2. The van der Waals surface area contributed by atoms with Gasteiger partial charge in [-0.2, -0.15) is 0 Å². The lowest BCUT2D eigenvalue weighted by Gasteiger charge is -2.49. The highest BCUT2D eigenvalue weighted by atomic mass is 35.5. The molecule has 1 aromatic heterocycles. The fraction of sp³-hybridized carbons (Fsp3) is 0.542.